The summed E-state index contributed by atoms with van der Waals surface area (Å²) in [5.41, 5.74) is 1.92. The fraction of sp³-hybridized carbons (Fsp3) is 0.333. The fourth-order valence-electron chi connectivity index (χ4n) is 2.60. The molecule has 1 fully saturated rings. The molecule has 2 amide bonds. The van der Waals surface area contributed by atoms with E-state index in [0.717, 1.165) is 18.4 Å². The summed E-state index contributed by atoms with van der Waals surface area (Å²) >= 11 is 0. The number of urea groups is 1. The van der Waals surface area contributed by atoms with E-state index in [1.807, 2.05) is 12.1 Å². The standard InChI is InChI=1S/C18H19F2N3O2/c1-12-15(3-2-4-16(12)25-17(19)20)22-18(24)23(14-5-6-14)11-13-7-9-21-10-8-13/h2-4,7-10,14,17H,5-6,11H2,1H3,(H,22,24). The van der Waals surface area contributed by atoms with Gasteiger partial charge in [-0.3, -0.25) is 4.98 Å². The van der Waals surface area contributed by atoms with E-state index in [2.05, 4.69) is 15.0 Å². The summed E-state index contributed by atoms with van der Waals surface area (Å²) in [7, 11) is 0. The largest absolute Gasteiger partial charge is 0.434 e. The van der Waals surface area contributed by atoms with Crippen LogP contribution < -0.4 is 10.1 Å². The molecule has 0 atom stereocenters. The number of pyridine rings is 1. The van der Waals surface area contributed by atoms with E-state index in [-0.39, 0.29) is 17.8 Å². The van der Waals surface area contributed by atoms with Crippen molar-refractivity contribution < 1.29 is 18.3 Å². The van der Waals surface area contributed by atoms with Crippen molar-refractivity contribution in [3.05, 3.63) is 53.9 Å². The molecule has 1 aromatic heterocycles. The van der Waals surface area contributed by atoms with E-state index in [9.17, 15) is 13.6 Å². The molecule has 0 saturated heterocycles. The lowest BCUT2D eigenvalue weighted by Gasteiger charge is -2.24. The minimum absolute atomic E-state index is 0.0555. The van der Waals surface area contributed by atoms with Crippen LogP contribution >= 0.6 is 0 Å². The smallest absolute Gasteiger partial charge is 0.387 e. The predicted octanol–water partition coefficient (Wildman–Crippen LogP) is 4.19. The van der Waals surface area contributed by atoms with Crippen molar-refractivity contribution in [2.45, 2.75) is 39.0 Å². The minimum atomic E-state index is -2.90. The monoisotopic (exact) mass is 347 g/mol. The highest BCUT2D eigenvalue weighted by molar-refractivity contribution is 5.91. The van der Waals surface area contributed by atoms with Crippen molar-refractivity contribution in [1.82, 2.24) is 9.88 Å². The Morgan fingerprint density at radius 2 is 2.04 bits per heavy atom. The van der Waals surface area contributed by atoms with Crippen LogP contribution in [-0.2, 0) is 6.54 Å². The molecule has 1 saturated carbocycles. The van der Waals surface area contributed by atoms with Crippen LogP contribution in [0.15, 0.2) is 42.7 Å². The van der Waals surface area contributed by atoms with Gasteiger partial charge in [-0.2, -0.15) is 8.78 Å². The maximum atomic E-state index is 12.7. The molecule has 0 radical (unpaired) electrons. The Morgan fingerprint density at radius 1 is 1.32 bits per heavy atom. The Morgan fingerprint density at radius 3 is 2.68 bits per heavy atom. The first kappa shape index (κ1) is 17.1. The van der Waals surface area contributed by atoms with Gasteiger partial charge in [-0.05, 0) is 49.6 Å². The second kappa shape index (κ2) is 7.46. The van der Waals surface area contributed by atoms with E-state index in [1.165, 1.54) is 6.07 Å². The van der Waals surface area contributed by atoms with Crippen molar-refractivity contribution in [3.8, 4) is 5.75 Å². The third-order valence-electron chi connectivity index (χ3n) is 4.09. The highest BCUT2D eigenvalue weighted by atomic mass is 19.3. The molecular weight excluding hydrogens is 328 g/mol. The van der Waals surface area contributed by atoms with Crippen molar-refractivity contribution >= 4 is 11.7 Å². The van der Waals surface area contributed by atoms with Gasteiger partial charge in [0, 0.05) is 36.2 Å². The highest BCUT2D eigenvalue weighted by Gasteiger charge is 2.32. The molecule has 7 heteroatoms. The van der Waals surface area contributed by atoms with Crippen LogP contribution in [0.2, 0.25) is 0 Å². The van der Waals surface area contributed by atoms with Gasteiger partial charge in [-0.15, -0.1) is 0 Å². The number of carbonyl (C=O) groups excluding carboxylic acids is 1. The maximum Gasteiger partial charge on any atom is 0.387 e. The molecule has 0 aliphatic heterocycles. The molecule has 0 unspecified atom stereocenters. The van der Waals surface area contributed by atoms with Crippen LogP contribution in [-0.4, -0.2) is 28.6 Å². The zero-order chi connectivity index (χ0) is 17.8. The topological polar surface area (TPSA) is 54.5 Å². The van der Waals surface area contributed by atoms with E-state index in [0.29, 0.717) is 17.8 Å². The number of ether oxygens (including phenoxy) is 1. The summed E-state index contributed by atoms with van der Waals surface area (Å²) in [6, 6.07) is 8.38. The molecular formula is C18H19F2N3O2. The predicted molar refractivity (Wildman–Crippen MR) is 89.6 cm³/mol. The number of benzene rings is 1. The quantitative estimate of drug-likeness (QED) is 0.852. The lowest BCUT2D eigenvalue weighted by Crippen LogP contribution is -2.36. The molecule has 132 valence electrons. The van der Waals surface area contributed by atoms with Crippen LogP contribution in [0.25, 0.3) is 0 Å². The molecule has 2 aromatic rings. The number of aromatic nitrogens is 1. The number of rotatable bonds is 6. The highest BCUT2D eigenvalue weighted by Crippen LogP contribution is 2.31. The van der Waals surface area contributed by atoms with Crippen molar-refractivity contribution in [2.75, 3.05) is 5.32 Å². The third kappa shape index (κ3) is 4.43. The first-order chi connectivity index (χ1) is 12.0. The Hall–Kier alpha value is -2.70. The number of nitrogens with zero attached hydrogens (tertiary/aromatic N) is 2. The second-order valence-corrected chi connectivity index (χ2v) is 5.95. The van der Waals surface area contributed by atoms with Crippen LogP contribution in [0.3, 0.4) is 0 Å². The van der Waals surface area contributed by atoms with Crippen LogP contribution in [0.4, 0.5) is 19.3 Å². The molecule has 0 spiro atoms. The second-order valence-electron chi connectivity index (χ2n) is 5.95. The molecule has 3 rings (SSSR count). The van der Waals surface area contributed by atoms with Crippen LogP contribution in [0.5, 0.6) is 5.75 Å². The van der Waals surface area contributed by atoms with E-state index >= 15 is 0 Å². The fourth-order valence-corrected chi connectivity index (χ4v) is 2.60. The van der Waals surface area contributed by atoms with Crippen molar-refractivity contribution in [3.63, 3.8) is 0 Å². The summed E-state index contributed by atoms with van der Waals surface area (Å²) < 4.78 is 29.4. The number of amides is 2. The molecule has 0 bridgehead atoms. The van der Waals surface area contributed by atoms with Gasteiger partial charge in [-0.1, -0.05) is 6.07 Å². The number of carbonyl (C=O) groups is 1. The van der Waals surface area contributed by atoms with Crippen molar-refractivity contribution in [2.24, 2.45) is 0 Å². The first-order valence-electron chi connectivity index (χ1n) is 8.05. The molecule has 1 heterocycles. The Kier molecular flexibility index (Phi) is 5.11. The molecule has 5 nitrogen and oxygen atoms in total. The molecule has 1 aromatic carbocycles. The summed E-state index contributed by atoms with van der Waals surface area (Å²) in [6.07, 6.45) is 5.30. The Balaban J connectivity index is 1.73. The normalized spacial score (nSPS) is 13.6. The first-order valence-corrected chi connectivity index (χ1v) is 8.05. The average Bonchev–Trinajstić information content (AvgIpc) is 3.41. The number of halogens is 2. The summed E-state index contributed by atoms with van der Waals surface area (Å²) in [4.78, 5) is 18.4. The third-order valence-corrected chi connectivity index (χ3v) is 4.09. The number of hydrogen-bond donors (Lipinski definition) is 1. The summed E-state index contributed by atoms with van der Waals surface area (Å²) in [6.45, 7) is -0.789. The van der Waals surface area contributed by atoms with Crippen molar-refractivity contribution in [1.29, 1.82) is 0 Å². The lowest BCUT2D eigenvalue weighted by atomic mass is 10.2. The zero-order valence-corrected chi connectivity index (χ0v) is 13.8. The SMILES string of the molecule is Cc1c(NC(=O)N(Cc2ccncc2)C2CC2)cccc1OC(F)F. The van der Waals surface area contributed by atoms with Gasteiger partial charge in [0.1, 0.15) is 5.75 Å². The molecule has 1 N–H and O–H groups in total. The zero-order valence-electron chi connectivity index (χ0n) is 13.8. The molecule has 1 aliphatic rings. The average molecular weight is 347 g/mol. The summed E-state index contributed by atoms with van der Waals surface area (Å²) in [5, 5.41) is 2.81. The number of alkyl halides is 2. The maximum absolute atomic E-state index is 12.7. The van der Waals surface area contributed by atoms with Gasteiger partial charge >= 0.3 is 12.6 Å². The molecule has 1 aliphatic carbocycles. The van der Waals surface area contributed by atoms with Gasteiger partial charge in [0.25, 0.3) is 0 Å². The Labute approximate surface area is 144 Å². The molecule has 25 heavy (non-hydrogen) atoms. The van der Waals surface area contributed by atoms with E-state index < -0.39 is 6.61 Å². The van der Waals surface area contributed by atoms with E-state index in [4.69, 9.17) is 0 Å². The van der Waals surface area contributed by atoms with Gasteiger partial charge in [0.15, 0.2) is 0 Å². The van der Waals surface area contributed by atoms with Crippen LogP contribution in [0, 0.1) is 6.92 Å². The van der Waals surface area contributed by atoms with Gasteiger partial charge in [0.05, 0.1) is 0 Å². The number of anilines is 1. The number of nitrogens with one attached hydrogen (secondary N) is 1. The minimum Gasteiger partial charge on any atom is -0.434 e. The number of hydrogen-bond acceptors (Lipinski definition) is 3. The van der Waals surface area contributed by atoms with Crippen LogP contribution in [0.1, 0.15) is 24.0 Å². The Bertz CT molecular complexity index is 736. The van der Waals surface area contributed by atoms with Gasteiger partial charge < -0.3 is 15.0 Å². The summed E-state index contributed by atoms with van der Waals surface area (Å²) in [5.74, 6) is 0.0555. The lowest BCUT2D eigenvalue weighted by molar-refractivity contribution is -0.0502. The van der Waals surface area contributed by atoms with Gasteiger partial charge in [0.2, 0.25) is 0 Å². The van der Waals surface area contributed by atoms with E-state index in [1.54, 1.807) is 36.4 Å². The van der Waals surface area contributed by atoms with Gasteiger partial charge in [-0.25, -0.2) is 4.79 Å².